The van der Waals surface area contributed by atoms with Gasteiger partial charge in [-0.3, -0.25) is 0 Å². The highest BCUT2D eigenvalue weighted by atomic mass is 80.0. The first-order valence-electron chi connectivity index (χ1n) is 9.58. The van der Waals surface area contributed by atoms with Crippen molar-refractivity contribution in [2.45, 2.75) is 11.8 Å². The largest absolute Gasteiger partial charge is 0.497 e. The maximum absolute atomic E-state index is 6.39. The molecule has 0 spiro atoms. The lowest BCUT2D eigenvalue weighted by atomic mass is 9.94. The molecule has 0 aromatic heterocycles. The number of methoxy groups -OCH3 is 1. The summed E-state index contributed by atoms with van der Waals surface area (Å²) in [5, 5.41) is 8.13. The van der Waals surface area contributed by atoms with Gasteiger partial charge in [0.15, 0.2) is 0 Å². The number of hydrogen-bond acceptors (Lipinski definition) is 4. The van der Waals surface area contributed by atoms with Crippen molar-refractivity contribution >= 4 is 105 Å². The number of alkyl halides is 6. The van der Waals surface area contributed by atoms with E-state index in [4.69, 9.17) is 44.3 Å². The molecule has 172 valence electrons. The van der Waals surface area contributed by atoms with Gasteiger partial charge in [0, 0.05) is 5.56 Å². The van der Waals surface area contributed by atoms with E-state index in [0.29, 0.717) is 0 Å². The third kappa shape index (κ3) is 5.19. The molecule has 3 aromatic carbocycles. The van der Waals surface area contributed by atoms with Gasteiger partial charge in [0.05, 0.1) is 7.11 Å². The molecular weight excluding hydrogens is 682 g/mol. The molecule has 0 amide bonds. The zero-order valence-electron chi connectivity index (χ0n) is 17.0. The van der Waals surface area contributed by atoms with Crippen molar-refractivity contribution in [3.8, 4) is 5.75 Å². The summed E-state index contributed by atoms with van der Waals surface area (Å²) < 4.78 is 8.75. The van der Waals surface area contributed by atoms with Crippen molar-refractivity contribution in [1.29, 1.82) is 0 Å². The van der Waals surface area contributed by atoms with Crippen LogP contribution in [0.1, 0.15) is 11.1 Å². The van der Waals surface area contributed by atoms with Crippen LogP contribution < -0.4 is 4.74 Å². The van der Waals surface area contributed by atoms with E-state index in [1.165, 1.54) is 0 Å². The molecule has 0 N–H and O–H groups in total. The molecule has 1 unspecified atom stereocenters. The van der Waals surface area contributed by atoms with Crippen molar-refractivity contribution in [1.82, 2.24) is 5.01 Å². The minimum Gasteiger partial charge on any atom is -0.497 e. The van der Waals surface area contributed by atoms with Gasteiger partial charge < -0.3 is 9.47 Å². The third-order valence-corrected chi connectivity index (χ3v) is 6.53. The average molecular weight is 698 g/mol. The van der Waals surface area contributed by atoms with Gasteiger partial charge in [0.2, 0.25) is 7.99 Å². The monoisotopic (exact) mass is 694 g/mol. The van der Waals surface area contributed by atoms with Gasteiger partial charge in [0.1, 0.15) is 5.75 Å². The lowest BCUT2D eigenvalue weighted by Crippen LogP contribution is -2.45. The molecule has 1 aliphatic rings. The molecule has 10 heteroatoms. The van der Waals surface area contributed by atoms with E-state index in [0.717, 1.165) is 27.6 Å². The smallest absolute Gasteiger partial charge is 0.268 e. The fourth-order valence-electron chi connectivity index (χ4n) is 3.56. The van der Waals surface area contributed by atoms with Gasteiger partial charge in [0.25, 0.3) is 9.69 Å². The molecule has 3 aromatic rings. The maximum Gasteiger partial charge on any atom is 0.268 e. The van der Waals surface area contributed by atoms with Crippen LogP contribution in [-0.2, 0) is 10.5 Å². The molecule has 1 heterocycles. The normalized spacial score (nSPS) is 19.1. The number of benzene rings is 3. The molecule has 4 rings (SSSR count). The van der Waals surface area contributed by atoms with Gasteiger partial charge in [-0.25, -0.2) is 5.01 Å². The number of nitrogens with zero attached hydrogens (tertiary/aromatic N) is 2. The van der Waals surface area contributed by atoms with Gasteiger partial charge in [-0.1, -0.05) is 95.5 Å². The SMILES string of the molecule is COc1ccc(C=CC2(c3cccc4ccccc34)OC(C(Cl)(Cl)Cl)=NN2C(Br)(Br)Br)cc1. The molecule has 0 radical (unpaired) electrons. The van der Waals surface area contributed by atoms with E-state index in [9.17, 15) is 0 Å². The number of fused-ring (bicyclic) bond motifs is 1. The zero-order valence-corrected chi connectivity index (χ0v) is 24.0. The van der Waals surface area contributed by atoms with E-state index in [1.807, 2.05) is 78.9 Å². The Hall–Kier alpha value is -0.960. The second kappa shape index (κ2) is 9.59. The highest BCUT2D eigenvalue weighted by Crippen LogP contribution is 2.53. The summed E-state index contributed by atoms with van der Waals surface area (Å²) in [6.07, 6.45) is 3.80. The quantitative estimate of drug-likeness (QED) is 0.203. The third-order valence-electron chi connectivity index (χ3n) is 5.03. The van der Waals surface area contributed by atoms with Gasteiger partial charge in [-0.05, 0) is 82.3 Å². The molecule has 33 heavy (non-hydrogen) atoms. The summed E-state index contributed by atoms with van der Waals surface area (Å²) in [6, 6.07) is 21.6. The predicted octanol–water partition coefficient (Wildman–Crippen LogP) is 8.53. The van der Waals surface area contributed by atoms with Crippen LogP contribution in [0, 0.1) is 0 Å². The number of ether oxygens (including phenoxy) is 2. The molecular formula is C23H16Br3Cl3N2O2. The van der Waals surface area contributed by atoms with Crippen LogP contribution >= 0.6 is 82.6 Å². The second-order valence-electron chi connectivity index (χ2n) is 7.11. The topological polar surface area (TPSA) is 34.1 Å². The van der Waals surface area contributed by atoms with Crippen LogP contribution in [0.4, 0.5) is 0 Å². The van der Waals surface area contributed by atoms with E-state index < -0.39 is 11.8 Å². The highest BCUT2D eigenvalue weighted by molar-refractivity contribution is 9.39. The molecule has 0 fully saturated rings. The van der Waals surface area contributed by atoms with Crippen LogP contribution in [0.2, 0.25) is 0 Å². The van der Waals surface area contributed by atoms with Crippen LogP contribution in [0.3, 0.4) is 0 Å². The lowest BCUT2D eigenvalue weighted by molar-refractivity contribution is -0.0189. The van der Waals surface area contributed by atoms with Crippen LogP contribution in [0.25, 0.3) is 16.8 Å². The van der Waals surface area contributed by atoms with Crippen molar-refractivity contribution < 1.29 is 9.47 Å². The summed E-state index contributed by atoms with van der Waals surface area (Å²) >= 11 is 29.3. The molecule has 0 saturated heterocycles. The Labute approximate surface area is 231 Å². The van der Waals surface area contributed by atoms with Gasteiger partial charge in [-0.15, -0.1) is 5.10 Å². The van der Waals surface area contributed by atoms with Crippen LogP contribution in [-0.4, -0.2) is 24.1 Å². The molecule has 1 aliphatic heterocycles. The fraction of sp³-hybridized carbons (Fsp3) is 0.174. The van der Waals surface area contributed by atoms with Gasteiger partial charge >= 0.3 is 0 Å². The van der Waals surface area contributed by atoms with E-state index >= 15 is 0 Å². The summed E-state index contributed by atoms with van der Waals surface area (Å²) in [4.78, 5) is 0. The predicted molar refractivity (Wildman–Crippen MR) is 148 cm³/mol. The molecule has 4 nitrogen and oxygen atoms in total. The van der Waals surface area contributed by atoms with Crippen molar-refractivity contribution in [2.24, 2.45) is 5.10 Å². The van der Waals surface area contributed by atoms with Crippen molar-refractivity contribution in [2.75, 3.05) is 7.11 Å². The Morgan fingerprint density at radius 3 is 2.27 bits per heavy atom. The Kier molecular flexibility index (Phi) is 7.31. The van der Waals surface area contributed by atoms with Crippen molar-refractivity contribution in [3.05, 3.63) is 83.9 Å². The highest BCUT2D eigenvalue weighted by Gasteiger charge is 2.55. The maximum atomic E-state index is 6.39. The van der Waals surface area contributed by atoms with Crippen LogP contribution in [0.5, 0.6) is 5.75 Å². The first kappa shape index (κ1) is 25.1. The fourth-order valence-corrected chi connectivity index (χ4v) is 4.82. The van der Waals surface area contributed by atoms with E-state index in [-0.39, 0.29) is 5.90 Å². The Morgan fingerprint density at radius 1 is 0.970 bits per heavy atom. The van der Waals surface area contributed by atoms with E-state index in [1.54, 1.807) is 12.1 Å². The zero-order chi connectivity index (χ0) is 23.9. The lowest BCUT2D eigenvalue weighted by Gasteiger charge is -2.39. The summed E-state index contributed by atoms with van der Waals surface area (Å²) in [5.41, 5.74) is 0.447. The Morgan fingerprint density at radius 2 is 1.64 bits per heavy atom. The molecule has 0 saturated carbocycles. The summed E-state index contributed by atoms with van der Waals surface area (Å²) in [6.45, 7) is 0. The summed E-state index contributed by atoms with van der Waals surface area (Å²) in [7, 11) is 1.63. The minimum absolute atomic E-state index is 0.0671. The van der Waals surface area contributed by atoms with Gasteiger partial charge in [-0.2, -0.15) is 0 Å². The van der Waals surface area contributed by atoms with Crippen molar-refractivity contribution in [3.63, 3.8) is 0 Å². The first-order valence-corrected chi connectivity index (χ1v) is 13.1. The molecule has 0 aliphatic carbocycles. The standard InChI is InChI=1S/C23H16Br3Cl3N2O2/c1-32-17-11-9-15(10-12-17)13-14-21(19-8-4-6-16-5-2-3-7-18(16)19)31(23(24,25)26)30-20(33-21)22(27,28)29/h2-14H,1H3. The number of halogens is 6. The number of hydrogen-bond donors (Lipinski definition) is 0. The average Bonchev–Trinajstić information content (AvgIpc) is 3.20. The Balaban J connectivity index is 1.94. The molecule has 1 atom stereocenters. The second-order valence-corrected chi connectivity index (χ2v) is 16.0. The molecule has 0 bridgehead atoms. The minimum atomic E-state index is -1.88. The number of hydrazone groups is 1. The number of rotatable bonds is 4. The first-order chi connectivity index (χ1) is 15.5. The summed E-state index contributed by atoms with van der Waals surface area (Å²) in [5.74, 6) is 0.694. The Bertz CT molecular complexity index is 1220. The van der Waals surface area contributed by atoms with E-state index in [2.05, 4.69) is 52.9 Å². The van der Waals surface area contributed by atoms with Crippen LogP contribution in [0.15, 0.2) is 77.9 Å².